The first-order valence-corrected chi connectivity index (χ1v) is 8.91. The van der Waals surface area contributed by atoms with Crippen molar-refractivity contribution < 1.29 is 4.79 Å². The number of aryl methyl sites for hydroxylation is 1. The molecule has 0 atom stereocenters. The topological polar surface area (TPSA) is 68.0 Å². The zero-order valence-corrected chi connectivity index (χ0v) is 14.7. The number of thioether (sulfide) groups is 1. The second-order valence-corrected chi connectivity index (χ2v) is 7.89. The summed E-state index contributed by atoms with van der Waals surface area (Å²) < 4.78 is 0. The number of thiazole rings is 1. The molecule has 1 amide bonds. The van der Waals surface area contributed by atoms with Crippen LogP contribution in [-0.4, -0.2) is 23.0 Å². The smallest absolute Gasteiger partial charge is 0.252 e. The van der Waals surface area contributed by atoms with Crippen LogP contribution in [0.3, 0.4) is 0 Å². The van der Waals surface area contributed by atoms with Crippen molar-refractivity contribution in [3.63, 3.8) is 0 Å². The van der Waals surface area contributed by atoms with Crippen molar-refractivity contribution in [2.75, 3.05) is 6.54 Å². The molecule has 2 aromatic rings. The second kappa shape index (κ2) is 7.26. The number of aromatic nitrogens is 1. The van der Waals surface area contributed by atoms with Gasteiger partial charge >= 0.3 is 0 Å². The molecule has 118 valence electrons. The Kier molecular flexibility index (Phi) is 5.61. The van der Waals surface area contributed by atoms with Crippen molar-refractivity contribution >= 4 is 29.0 Å². The third-order valence-electron chi connectivity index (χ3n) is 2.88. The van der Waals surface area contributed by atoms with E-state index < -0.39 is 5.54 Å². The van der Waals surface area contributed by atoms with Gasteiger partial charge in [0, 0.05) is 28.1 Å². The maximum Gasteiger partial charge on any atom is 0.252 e. The van der Waals surface area contributed by atoms with E-state index in [1.807, 2.05) is 45.0 Å². The number of hydrogen-bond acceptors (Lipinski definition) is 5. The number of carbonyl (C=O) groups excluding carboxylic acids is 1. The molecule has 0 aliphatic rings. The highest BCUT2D eigenvalue weighted by Crippen LogP contribution is 2.26. The van der Waals surface area contributed by atoms with E-state index in [0.717, 1.165) is 21.3 Å². The van der Waals surface area contributed by atoms with Crippen LogP contribution in [0.4, 0.5) is 0 Å². The van der Waals surface area contributed by atoms with Gasteiger partial charge in [-0.05, 0) is 32.9 Å². The van der Waals surface area contributed by atoms with Crippen molar-refractivity contribution in [3.05, 3.63) is 45.9 Å². The Bertz CT molecular complexity index is 647. The fraction of sp³-hybridized carbons (Fsp3) is 0.375. The van der Waals surface area contributed by atoms with Gasteiger partial charge in [0.25, 0.3) is 5.91 Å². The van der Waals surface area contributed by atoms with Gasteiger partial charge in [0.05, 0.1) is 16.3 Å². The molecule has 2 rings (SSSR count). The van der Waals surface area contributed by atoms with Gasteiger partial charge in [-0.15, -0.1) is 23.1 Å². The van der Waals surface area contributed by atoms with Crippen LogP contribution in [0.25, 0.3) is 0 Å². The lowest BCUT2D eigenvalue weighted by molar-refractivity contribution is 0.0943. The number of rotatable bonds is 6. The summed E-state index contributed by atoms with van der Waals surface area (Å²) in [7, 11) is 0. The molecule has 0 fully saturated rings. The van der Waals surface area contributed by atoms with Gasteiger partial charge in [-0.3, -0.25) is 4.79 Å². The van der Waals surface area contributed by atoms with Crippen molar-refractivity contribution in [2.45, 2.75) is 37.0 Å². The Morgan fingerprint density at radius 1 is 1.41 bits per heavy atom. The molecule has 4 nitrogen and oxygen atoms in total. The summed E-state index contributed by atoms with van der Waals surface area (Å²) in [5, 5.41) is 6.01. The van der Waals surface area contributed by atoms with E-state index >= 15 is 0 Å². The van der Waals surface area contributed by atoms with Crippen molar-refractivity contribution in [3.8, 4) is 0 Å². The fourth-order valence-electron chi connectivity index (χ4n) is 1.81. The first-order valence-electron chi connectivity index (χ1n) is 7.05. The Hall–Kier alpha value is -1.37. The van der Waals surface area contributed by atoms with Crippen LogP contribution in [-0.2, 0) is 5.75 Å². The Morgan fingerprint density at radius 3 is 2.77 bits per heavy atom. The van der Waals surface area contributed by atoms with E-state index in [4.69, 9.17) is 5.73 Å². The van der Waals surface area contributed by atoms with Crippen LogP contribution in [0.5, 0.6) is 0 Å². The highest BCUT2D eigenvalue weighted by molar-refractivity contribution is 7.98. The lowest BCUT2D eigenvalue weighted by Gasteiger charge is -2.19. The van der Waals surface area contributed by atoms with Gasteiger partial charge in [0.1, 0.15) is 0 Å². The van der Waals surface area contributed by atoms with Gasteiger partial charge in [-0.25, -0.2) is 4.98 Å². The summed E-state index contributed by atoms with van der Waals surface area (Å²) in [6.45, 7) is 6.21. The lowest BCUT2D eigenvalue weighted by Crippen LogP contribution is -2.45. The molecular weight excluding hydrogens is 314 g/mol. The van der Waals surface area contributed by atoms with E-state index in [2.05, 4.69) is 15.7 Å². The summed E-state index contributed by atoms with van der Waals surface area (Å²) in [5.41, 5.74) is 7.22. The molecule has 0 aliphatic heterocycles. The summed E-state index contributed by atoms with van der Waals surface area (Å²) >= 11 is 3.27. The molecule has 1 aromatic heterocycles. The largest absolute Gasteiger partial charge is 0.350 e. The van der Waals surface area contributed by atoms with Gasteiger partial charge in [0.2, 0.25) is 0 Å². The zero-order chi connectivity index (χ0) is 16.2. The van der Waals surface area contributed by atoms with Gasteiger partial charge in [0.15, 0.2) is 0 Å². The van der Waals surface area contributed by atoms with Crippen LogP contribution in [0.15, 0.2) is 34.5 Å². The summed E-state index contributed by atoms with van der Waals surface area (Å²) in [4.78, 5) is 17.7. The van der Waals surface area contributed by atoms with E-state index in [1.54, 1.807) is 23.1 Å². The molecule has 22 heavy (non-hydrogen) atoms. The van der Waals surface area contributed by atoms with Gasteiger partial charge in [-0.2, -0.15) is 0 Å². The number of benzene rings is 1. The van der Waals surface area contributed by atoms with Crippen LogP contribution in [0.2, 0.25) is 0 Å². The Balaban J connectivity index is 2.04. The van der Waals surface area contributed by atoms with Gasteiger partial charge in [-0.1, -0.05) is 12.1 Å². The first-order chi connectivity index (χ1) is 10.3. The van der Waals surface area contributed by atoms with E-state index in [1.165, 1.54) is 0 Å². The molecule has 0 spiro atoms. The molecule has 1 aromatic carbocycles. The molecule has 0 aliphatic carbocycles. The SMILES string of the molecule is Cc1nc(CSc2ccccc2C(=O)NCC(C)(C)N)cs1. The normalized spacial score (nSPS) is 11.5. The Morgan fingerprint density at radius 2 is 2.14 bits per heavy atom. The molecule has 0 bridgehead atoms. The maximum absolute atomic E-state index is 12.3. The van der Waals surface area contributed by atoms with Crippen molar-refractivity contribution in [2.24, 2.45) is 5.73 Å². The average molecular weight is 335 g/mol. The summed E-state index contributed by atoms with van der Waals surface area (Å²) in [6, 6.07) is 7.62. The number of hydrogen-bond donors (Lipinski definition) is 2. The highest BCUT2D eigenvalue weighted by atomic mass is 32.2. The second-order valence-electron chi connectivity index (χ2n) is 5.81. The van der Waals surface area contributed by atoms with E-state index in [-0.39, 0.29) is 5.91 Å². The third-order valence-corrected chi connectivity index (χ3v) is 4.81. The van der Waals surface area contributed by atoms with Gasteiger partial charge < -0.3 is 11.1 Å². The number of carbonyl (C=O) groups is 1. The Labute approximate surface area is 139 Å². The minimum absolute atomic E-state index is 0.0870. The number of nitrogens with zero attached hydrogens (tertiary/aromatic N) is 1. The third kappa shape index (κ3) is 5.12. The molecule has 0 unspecified atom stereocenters. The molecule has 1 heterocycles. The predicted octanol–water partition coefficient (Wildman–Crippen LogP) is 3.21. The minimum Gasteiger partial charge on any atom is -0.350 e. The molecule has 0 saturated heterocycles. The average Bonchev–Trinajstić information content (AvgIpc) is 2.88. The lowest BCUT2D eigenvalue weighted by atomic mass is 10.1. The summed E-state index contributed by atoms with van der Waals surface area (Å²) in [5.74, 6) is 0.674. The van der Waals surface area contributed by atoms with E-state index in [9.17, 15) is 4.79 Å². The van der Waals surface area contributed by atoms with Crippen LogP contribution in [0, 0.1) is 6.92 Å². The molecule has 0 saturated carbocycles. The van der Waals surface area contributed by atoms with Crippen LogP contribution < -0.4 is 11.1 Å². The molecular formula is C16H21N3OS2. The molecule has 6 heteroatoms. The summed E-state index contributed by atoms with van der Waals surface area (Å²) in [6.07, 6.45) is 0. The van der Waals surface area contributed by atoms with Crippen LogP contribution in [0.1, 0.15) is 34.9 Å². The quantitative estimate of drug-likeness (QED) is 0.796. The zero-order valence-electron chi connectivity index (χ0n) is 13.1. The van der Waals surface area contributed by atoms with E-state index in [0.29, 0.717) is 12.1 Å². The number of nitrogens with one attached hydrogen (secondary N) is 1. The van der Waals surface area contributed by atoms with Crippen molar-refractivity contribution in [1.29, 1.82) is 0 Å². The number of nitrogens with two attached hydrogens (primary N) is 1. The fourth-order valence-corrected chi connectivity index (χ4v) is 3.47. The monoisotopic (exact) mass is 335 g/mol. The number of amides is 1. The minimum atomic E-state index is -0.421. The van der Waals surface area contributed by atoms with Crippen LogP contribution >= 0.6 is 23.1 Å². The maximum atomic E-state index is 12.3. The highest BCUT2D eigenvalue weighted by Gasteiger charge is 2.16. The first kappa shape index (κ1) is 17.0. The predicted molar refractivity (Wildman–Crippen MR) is 93.5 cm³/mol. The molecule has 3 N–H and O–H groups in total. The standard InChI is InChI=1S/C16H21N3OS2/c1-11-19-12(8-21-11)9-22-14-7-5-4-6-13(14)15(20)18-10-16(2,3)17/h4-8H,9-10,17H2,1-3H3,(H,18,20). The molecule has 0 radical (unpaired) electrons. The van der Waals surface area contributed by atoms with Crippen molar-refractivity contribution in [1.82, 2.24) is 10.3 Å².